The lowest BCUT2D eigenvalue weighted by atomic mass is 10.2. The molecule has 0 aliphatic carbocycles. The lowest BCUT2D eigenvalue weighted by molar-refractivity contribution is 0.108. The summed E-state index contributed by atoms with van der Waals surface area (Å²) in [5.74, 6) is 0.727. The summed E-state index contributed by atoms with van der Waals surface area (Å²) in [4.78, 5) is 17.4. The van der Waals surface area contributed by atoms with Crippen molar-refractivity contribution in [2.24, 2.45) is 0 Å². The maximum absolute atomic E-state index is 11.1. The van der Waals surface area contributed by atoms with Crippen LogP contribution in [0.2, 0.25) is 0 Å². The van der Waals surface area contributed by atoms with Crippen molar-refractivity contribution in [2.45, 2.75) is 12.8 Å². The molecule has 0 unspecified atom stereocenters. The fourth-order valence-electron chi connectivity index (χ4n) is 1.73. The summed E-state index contributed by atoms with van der Waals surface area (Å²) in [6, 6.07) is 3.45. The molecule has 0 atom stereocenters. The quantitative estimate of drug-likeness (QED) is 0.701. The maximum Gasteiger partial charge on any atom is 0.256 e. The van der Waals surface area contributed by atoms with Gasteiger partial charge >= 0.3 is 0 Å². The van der Waals surface area contributed by atoms with Crippen LogP contribution in [0, 0.1) is 0 Å². The monoisotopic (exact) mass is 210 g/mol. The molecule has 0 spiro atoms. The summed E-state index contributed by atoms with van der Waals surface area (Å²) in [5.41, 5.74) is 0.510. The molecule has 1 aromatic rings. The summed E-state index contributed by atoms with van der Waals surface area (Å²) in [6.45, 7) is 1.93. The molecule has 1 aliphatic heterocycles. The van der Waals surface area contributed by atoms with Gasteiger partial charge in [0.25, 0.3) is 5.24 Å². The van der Waals surface area contributed by atoms with E-state index in [9.17, 15) is 4.79 Å². The van der Waals surface area contributed by atoms with Gasteiger partial charge < -0.3 is 4.90 Å². The molecule has 4 heteroatoms. The molecule has 0 N–H and O–H groups in total. The normalized spacial score (nSPS) is 15.9. The Morgan fingerprint density at radius 3 is 2.79 bits per heavy atom. The van der Waals surface area contributed by atoms with Crippen molar-refractivity contribution < 1.29 is 4.79 Å². The Bertz CT molecular complexity index is 348. The lowest BCUT2D eigenvalue weighted by Crippen LogP contribution is -2.21. The number of carbonyl (C=O) groups excluding carboxylic acids is 1. The molecule has 0 aromatic carbocycles. The van der Waals surface area contributed by atoms with Crippen LogP contribution in [0.3, 0.4) is 0 Å². The summed E-state index contributed by atoms with van der Waals surface area (Å²) in [5, 5.41) is -0.431. The number of anilines is 1. The highest BCUT2D eigenvalue weighted by molar-refractivity contribution is 6.68. The second kappa shape index (κ2) is 3.96. The molecule has 1 aliphatic rings. The molecule has 74 valence electrons. The first-order chi connectivity index (χ1) is 6.79. The van der Waals surface area contributed by atoms with Crippen molar-refractivity contribution >= 4 is 22.7 Å². The molecule has 1 fully saturated rings. The van der Waals surface area contributed by atoms with Crippen LogP contribution in [0.5, 0.6) is 0 Å². The Morgan fingerprint density at radius 2 is 2.14 bits per heavy atom. The SMILES string of the molecule is O=C(Cl)c1cccnc1N1CCCC1. The molecule has 0 bridgehead atoms. The Kier molecular flexibility index (Phi) is 2.68. The molecule has 2 heterocycles. The second-order valence-electron chi connectivity index (χ2n) is 3.34. The van der Waals surface area contributed by atoms with E-state index in [1.165, 1.54) is 0 Å². The number of halogens is 1. The highest BCUT2D eigenvalue weighted by Gasteiger charge is 2.19. The number of carbonyl (C=O) groups is 1. The van der Waals surface area contributed by atoms with Crippen LogP contribution in [-0.4, -0.2) is 23.3 Å². The van der Waals surface area contributed by atoms with Crippen LogP contribution >= 0.6 is 11.6 Å². The van der Waals surface area contributed by atoms with E-state index in [-0.39, 0.29) is 0 Å². The zero-order valence-corrected chi connectivity index (χ0v) is 8.50. The van der Waals surface area contributed by atoms with Gasteiger partial charge in [0, 0.05) is 19.3 Å². The van der Waals surface area contributed by atoms with E-state index >= 15 is 0 Å². The third-order valence-electron chi connectivity index (χ3n) is 2.40. The zero-order chi connectivity index (χ0) is 9.97. The fraction of sp³-hybridized carbons (Fsp3) is 0.400. The summed E-state index contributed by atoms with van der Waals surface area (Å²) in [7, 11) is 0. The van der Waals surface area contributed by atoms with Crippen molar-refractivity contribution in [1.29, 1.82) is 0 Å². The third kappa shape index (κ3) is 1.73. The number of aromatic nitrogens is 1. The molecule has 1 aromatic heterocycles. The van der Waals surface area contributed by atoms with Gasteiger partial charge in [-0.3, -0.25) is 4.79 Å². The average molecular weight is 211 g/mol. The molecule has 0 saturated carbocycles. The average Bonchev–Trinajstić information content (AvgIpc) is 2.70. The highest BCUT2D eigenvalue weighted by atomic mass is 35.5. The molecule has 2 rings (SSSR count). The number of rotatable bonds is 2. The van der Waals surface area contributed by atoms with Crippen LogP contribution in [-0.2, 0) is 0 Å². The molecule has 14 heavy (non-hydrogen) atoms. The first kappa shape index (κ1) is 9.46. The van der Waals surface area contributed by atoms with Gasteiger partial charge in [-0.1, -0.05) is 0 Å². The summed E-state index contributed by atoms with van der Waals surface area (Å²) >= 11 is 5.48. The van der Waals surface area contributed by atoms with Crippen molar-refractivity contribution in [2.75, 3.05) is 18.0 Å². The Labute approximate surface area is 87.7 Å². The van der Waals surface area contributed by atoms with E-state index < -0.39 is 5.24 Å². The number of hydrogen-bond acceptors (Lipinski definition) is 3. The van der Waals surface area contributed by atoms with Gasteiger partial charge in [-0.05, 0) is 36.6 Å². The minimum absolute atomic E-state index is 0.431. The first-order valence-electron chi connectivity index (χ1n) is 4.69. The minimum atomic E-state index is -0.431. The van der Waals surface area contributed by atoms with Gasteiger partial charge in [0.2, 0.25) is 0 Å². The largest absolute Gasteiger partial charge is 0.356 e. The van der Waals surface area contributed by atoms with E-state index in [0.29, 0.717) is 5.56 Å². The van der Waals surface area contributed by atoms with Gasteiger partial charge in [-0.15, -0.1) is 0 Å². The molecular weight excluding hydrogens is 200 g/mol. The Balaban J connectivity index is 2.35. The van der Waals surface area contributed by atoms with Gasteiger partial charge in [-0.2, -0.15) is 0 Å². The van der Waals surface area contributed by atoms with E-state index in [0.717, 1.165) is 31.7 Å². The summed E-state index contributed by atoms with van der Waals surface area (Å²) < 4.78 is 0. The van der Waals surface area contributed by atoms with Crippen LogP contribution in [0.25, 0.3) is 0 Å². The highest BCUT2D eigenvalue weighted by Crippen LogP contribution is 2.22. The number of hydrogen-bond donors (Lipinski definition) is 0. The zero-order valence-electron chi connectivity index (χ0n) is 7.74. The second-order valence-corrected chi connectivity index (χ2v) is 3.69. The van der Waals surface area contributed by atoms with Crippen LogP contribution < -0.4 is 4.90 Å². The van der Waals surface area contributed by atoms with Gasteiger partial charge in [0.1, 0.15) is 5.82 Å². The van der Waals surface area contributed by atoms with Gasteiger partial charge in [0.05, 0.1) is 5.56 Å². The van der Waals surface area contributed by atoms with E-state index in [2.05, 4.69) is 9.88 Å². The molecular formula is C10H11ClN2O. The van der Waals surface area contributed by atoms with Crippen molar-refractivity contribution in [1.82, 2.24) is 4.98 Å². The van der Waals surface area contributed by atoms with Crippen LogP contribution in [0.4, 0.5) is 5.82 Å². The van der Waals surface area contributed by atoms with Crippen molar-refractivity contribution in [3.63, 3.8) is 0 Å². The Hall–Kier alpha value is -1.09. The van der Waals surface area contributed by atoms with E-state index in [4.69, 9.17) is 11.6 Å². The van der Waals surface area contributed by atoms with Crippen LogP contribution in [0.1, 0.15) is 23.2 Å². The number of nitrogens with zero attached hydrogens (tertiary/aromatic N) is 2. The maximum atomic E-state index is 11.1. The van der Waals surface area contributed by atoms with Crippen molar-refractivity contribution in [3.8, 4) is 0 Å². The predicted molar refractivity (Wildman–Crippen MR) is 55.9 cm³/mol. The van der Waals surface area contributed by atoms with E-state index in [1.807, 2.05) is 0 Å². The van der Waals surface area contributed by atoms with Gasteiger partial charge in [-0.25, -0.2) is 4.98 Å². The standard InChI is InChI=1S/C10H11ClN2O/c11-9(14)8-4-3-5-12-10(8)13-6-1-2-7-13/h3-5H,1-2,6-7H2. The summed E-state index contributed by atoms with van der Waals surface area (Å²) in [6.07, 6.45) is 4.01. The van der Waals surface area contributed by atoms with Crippen LogP contribution in [0.15, 0.2) is 18.3 Å². The first-order valence-corrected chi connectivity index (χ1v) is 5.06. The smallest absolute Gasteiger partial charge is 0.256 e. The third-order valence-corrected chi connectivity index (χ3v) is 2.61. The number of pyridine rings is 1. The van der Waals surface area contributed by atoms with Gasteiger partial charge in [0.15, 0.2) is 0 Å². The van der Waals surface area contributed by atoms with Crippen molar-refractivity contribution in [3.05, 3.63) is 23.9 Å². The predicted octanol–water partition coefficient (Wildman–Crippen LogP) is 2.06. The molecule has 0 radical (unpaired) electrons. The Morgan fingerprint density at radius 1 is 1.43 bits per heavy atom. The topological polar surface area (TPSA) is 33.2 Å². The minimum Gasteiger partial charge on any atom is -0.356 e. The fourth-order valence-corrected chi connectivity index (χ4v) is 1.88. The van der Waals surface area contributed by atoms with E-state index in [1.54, 1.807) is 18.3 Å². The molecule has 1 saturated heterocycles. The molecule has 3 nitrogen and oxygen atoms in total. The lowest BCUT2D eigenvalue weighted by Gasteiger charge is -2.17. The molecule has 0 amide bonds.